The number of nitrogens with one attached hydrogen (secondary N) is 1. The van der Waals surface area contributed by atoms with Crippen molar-refractivity contribution in [2.24, 2.45) is 11.3 Å². The van der Waals surface area contributed by atoms with Gasteiger partial charge in [-0.2, -0.15) is 0 Å². The van der Waals surface area contributed by atoms with E-state index in [4.69, 9.17) is 4.74 Å². The highest BCUT2D eigenvalue weighted by molar-refractivity contribution is 5.99. The highest BCUT2D eigenvalue weighted by Gasteiger charge is 2.59. The Labute approximate surface area is 126 Å². The lowest BCUT2D eigenvalue weighted by atomic mass is 9.57. The Morgan fingerprint density at radius 2 is 2.05 bits per heavy atom. The molecule has 1 amide bonds. The average Bonchev–Trinajstić information content (AvgIpc) is 2.91. The van der Waals surface area contributed by atoms with Gasteiger partial charge in [-0.05, 0) is 18.6 Å². The van der Waals surface area contributed by atoms with Crippen LogP contribution in [0.2, 0.25) is 0 Å². The van der Waals surface area contributed by atoms with Gasteiger partial charge in [0.25, 0.3) is 5.91 Å². The molecule has 3 atom stereocenters. The van der Waals surface area contributed by atoms with Crippen LogP contribution < -0.4 is 5.32 Å². The first-order valence-corrected chi connectivity index (χ1v) is 7.61. The summed E-state index contributed by atoms with van der Waals surface area (Å²) in [5.41, 5.74) is 1.77. The second-order valence-corrected chi connectivity index (χ2v) is 6.93. The van der Waals surface area contributed by atoms with Gasteiger partial charge in [-0.1, -0.05) is 26.0 Å². The molecular formula is C17H24N2O2. The third-order valence-corrected chi connectivity index (χ3v) is 4.98. The summed E-state index contributed by atoms with van der Waals surface area (Å²) in [6, 6.07) is 8.13. The lowest BCUT2D eigenvalue weighted by Gasteiger charge is -2.55. The lowest BCUT2D eigenvalue weighted by Crippen LogP contribution is -2.63. The molecule has 2 fully saturated rings. The van der Waals surface area contributed by atoms with Crippen LogP contribution >= 0.6 is 0 Å². The molecule has 1 aliphatic carbocycles. The molecule has 1 aliphatic heterocycles. The van der Waals surface area contributed by atoms with Crippen molar-refractivity contribution in [3.63, 3.8) is 0 Å². The maximum absolute atomic E-state index is 12.3. The number of benzene rings is 1. The van der Waals surface area contributed by atoms with E-state index in [0.29, 0.717) is 18.1 Å². The van der Waals surface area contributed by atoms with Crippen LogP contribution in [0.4, 0.5) is 5.69 Å². The molecule has 3 unspecified atom stereocenters. The van der Waals surface area contributed by atoms with E-state index in [1.807, 2.05) is 24.3 Å². The molecule has 1 saturated carbocycles. The van der Waals surface area contributed by atoms with Crippen molar-refractivity contribution in [1.29, 1.82) is 0 Å². The highest BCUT2D eigenvalue weighted by Crippen LogP contribution is 2.53. The van der Waals surface area contributed by atoms with Crippen LogP contribution in [0, 0.1) is 11.3 Å². The van der Waals surface area contributed by atoms with Crippen molar-refractivity contribution in [2.45, 2.75) is 32.4 Å². The van der Waals surface area contributed by atoms with Crippen molar-refractivity contribution in [1.82, 2.24) is 4.90 Å². The van der Waals surface area contributed by atoms with Gasteiger partial charge in [-0.25, -0.2) is 0 Å². The van der Waals surface area contributed by atoms with Gasteiger partial charge in [-0.3, -0.25) is 4.79 Å². The zero-order valence-corrected chi connectivity index (χ0v) is 13.2. The van der Waals surface area contributed by atoms with Gasteiger partial charge >= 0.3 is 0 Å². The maximum Gasteiger partial charge on any atom is 0.255 e. The minimum atomic E-state index is 0.0365. The van der Waals surface area contributed by atoms with Crippen molar-refractivity contribution in [3.05, 3.63) is 29.8 Å². The van der Waals surface area contributed by atoms with Gasteiger partial charge in [0.2, 0.25) is 0 Å². The zero-order valence-electron chi connectivity index (χ0n) is 13.2. The average molecular weight is 288 g/mol. The molecule has 0 aromatic heterocycles. The maximum atomic E-state index is 12.3. The number of para-hydroxylation sites is 1. The Balaban J connectivity index is 1.84. The van der Waals surface area contributed by atoms with Crippen LogP contribution in [0.1, 0.15) is 30.6 Å². The Morgan fingerprint density at radius 1 is 1.33 bits per heavy atom. The van der Waals surface area contributed by atoms with Gasteiger partial charge in [-0.15, -0.1) is 0 Å². The molecule has 1 aromatic carbocycles. The number of hydrogen-bond donors (Lipinski definition) is 1. The van der Waals surface area contributed by atoms with Crippen LogP contribution in [0.5, 0.6) is 0 Å². The molecule has 114 valence electrons. The molecule has 0 radical (unpaired) electrons. The number of amides is 1. The predicted molar refractivity (Wildman–Crippen MR) is 83.5 cm³/mol. The van der Waals surface area contributed by atoms with E-state index in [1.165, 1.54) is 0 Å². The summed E-state index contributed by atoms with van der Waals surface area (Å²) in [4.78, 5) is 13.9. The number of carbonyl (C=O) groups excluding carboxylic acids is 1. The molecule has 21 heavy (non-hydrogen) atoms. The molecule has 2 aliphatic rings. The molecule has 1 heterocycles. The lowest BCUT2D eigenvalue weighted by molar-refractivity contribution is -0.0923. The fraction of sp³-hybridized carbons (Fsp3) is 0.588. The van der Waals surface area contributed by atoms with Crippen molar-refractivity contribution in [2.75, 3.05) is 26.0 Å². The standard InChI is InChI=1S/C17H24N2O2/c1-17(2)14(12-9-10-21-15(12)17)18-13-8-6-5-7-11(13)16(20)19(3)4/h5-8,12,14-15,18H,9-10H2,1-4H3. The first kappa shape index (κ1) is 14.4. The monoisotopic (exact) mass is 288 g/mol. The quantitative estimate of drug-likeness (QED) is 0.929. The van der Waals surface area contributed by atoms with E-state index in [-0.39, 0.29) is 11.3 Å². The van der Waals surface area contributed by atoms with Crippen LogP contribution in [-0.2, 0) is 4.74 Å². The molecule has 0 spiro atoms. The fourth-order valence-electron chi connectivity index (χ4n) is 3.82. The number of hydrogen-bond acceptors (Lipinski definition) is 3. The van der Waals surface area contributed by atoms with Gasteiger partial charge in [0.1, 0.15) is 0 Å². The van der Waals surface area contributed by atoms with Crippen molar-refractivity contribution >= 4 is 11.6 Å². The normalized spacial score (nSPS) is 29.4. The summed E-state index contributed by atoms with van der Waals surface area (Å²) in [6.45, 7) is 5.34. The molecule has 1 aromatic rings. The SMILES string of the molecule is CN(C)C(=O)c1ccccc1NC1C2CCOC2C1(C)C. The summed E-state index contributed by atoms with van der Waals surface area (Å²) in [6.07, 6.45) is 1.46. The smallest absolute Gasteiger partial charge is 0.255 e. The van der Waals surface area contributed by atoms with E-state index in [9.17, 15) is 4.79 Å². The van der Waals surface area contributed by atoms with Crippen LogP contribution in [0.25, 0.3) is 0 Å². The van der Waals surface area contributed by atoms with Crippen molar-refractivity contribution < 1.29 is 9.53 Å². The van der Waals surface area contributed by atoms with Crippen LogP contribution in [0.3, 0.4) is 0 Å². The number of ether oxygens (including phenoxy) is 1. The van der Waals surface area contributed by atoms with Gasteiger partial charge in [0.15, 0.2) is 0 Å². The first-order chi connectivity index (χ1) is 9.93. The zero-order chi connectivity index (χ0) is 15.2. The molecule has 4 nitrogen and oxygen atoms in total. The Bertz CT molecular complexity index is 553. The Morgan fingerprint density at radius 3 is 2.76 bits per heavy atom. The van der Waals surface area contributed by atoms with E-state index in [0.717, 1.165) is 24.3 Å². The van der Waals surface area contributed by atoms with Gasteiger partial charge in [0, 0.05) is 43.8 Å². The summed E-state index contributed by atoms with van der Waals surface area (Å²) >= 11 is 0. The van der Waals surface area contributed by atoms with E-state index < -0.39 is 0 Å². The minimum absolute atomic E-state index is 0.0365. The second-order valence-electron chi connectivity index (χ2n) is 6.93. The number of carbonyl (C=O) groups is 1. The largest absolute Gasteiger partial charge is 0.381 e. The number of nitrogens with zero attached hydrogens (tertiary/aromatic N) is 1. The third-order valence-electron chi connectivity index (χ3n) is 4.98. The number of anilines is 1. The number of fused-ring (bicyclic) bond motifs is 1. The molecule has 1 saturated heterocycles. The second kappa shape index (κ2) is 5.02. The fourth-order valence-corrected chi connectivity index (χ4v) is 3.82. The summed E-state index contributed by atoms with van der Waals surface area (Å²) in [5.74, 6) is 0.594. The van der Waals surface area contributed by atoms with Gasteiger partial charge in [0.05, 0.1) is 11.7 Å². The highest BCUT2D eigenvalue weighted by atomic mass is 16.5. The van der Waals surface area contributed by atoms with E-state index >= 15 is 0 Å². The first-order valence-electron chi connectivity index (χ1n) is 7.61. The Kier molecular flexibility index (Phi) is 3.44. The number of rotatable bonds is 3. The molecule has 4 heteroatoms. The molecule has 0 bridgehead atoms. The van der Waals surface area contributed by atoms with E-state index in [2.05, 4.69) is 19.2 Å². The minimum Gasteiger partial charge on any atom is -0.381 e. The third kappa shape index (κ3) is 2.22. The summed E-state index contributed by atoms with van der Waals surface area (Å²) in [5, 5.41) is 3.62. The van der Waals surface area contributed by atoms with Crippen LogP contribution in [0.15, 0.2) is 24.3 Å². The van der Waals surface area contributed by atoms with Crippen molar-refractivity contribution in [3.8, 4) is 0 Å². The van der Waals surface area contributed by atoms with Crippen LogP contribution in [-0.4, -0.2) is 43.7 Å². The van der Waals surface area contributed by atoms with E-state index in [1.54, 1.807) is 19.0 Å². The summed E-state index contributed by atoms with van der Waals surface area (Å²) < 4.78 is 5.84. The predicted octanol–water partition coefficient (Wildman–Crippen LogP) is 2.61. The van der Waals surface area contributed by atoms with Gasteiger partial charge < -0.3 is 15.0 Å². The topological polar surface area (TPSA) is 41.6 Å². The Hall–Kier alpha value is -1.55. The molecule has 3 rings (SSSR count). The molecular weight excluding hydrogens is 264 g/mol. The molecule has 1 N–H and O–H groups in total. The summed E-state index contributed by atoms with van der Waals surface area (Å²) in [7, 11) is 3.57.